The first kappa shape index (κ1) is 32.1. The molecule has 0 aromatic heterocycles. The van der Waals surface area contributed by atoms with Gasteiger partial charge in [0.25, 0.3) is 0 Å². The summed E-state index contributed by atoms with van der Waals surface area (Å²) in [6, 6.07) is 12.0. The van der Waals surface area contributed by atoms with Crippen molar-refractivity contribution >= 4 is 50.7 Å². The topological polar surface area (TPSA) is 86.8 Å². The van der Waals surface area contributed by atoms with E-state index in [0.717, 1.165) is 28.3 Å². The Morgan fingerprint density at radius 3 is 2.02 bits per heavy atom. The van der Waals surface area contributed by atoms with Crippen LogP contribution in [0.2, 0.25) is 10.0 Å². The summed E-state index contributed by atoms with van der Waals surface area (Å²) < 4.78 is 27.3. The number of amides is 2. The second kappa shape index (κ2) is 12.6. The summed E-state index contributed by atoms with van der Waals surface area (Å²) in [5.41, 5.74) is 2.60. The predicted octanol–water partition coefficient (Wildman–Crippen LogP) is 6.56. The Bertz CT molecular complexity index is 1430. The van der Waals surface area contributed by atoms with Crippen molar-refractivity contribution in [3.05, 3.63) is 63.6 Å². The van der Waals surface area contributed by atoms with Crippen molar-refractivity contribution < 1.29 is 18.0 Å². The fourth-order valence-electron chi connectivity index (χ4n) is 8.19. The van der Waals surface area contributed by atoms with Crippen molar-refractivity contribution in [3.63, 3.8) is 0 Å². The van der Waals surface area contributed by atoms with Gasteiger partial charge in [-0.05, 0) is 117 Å². The van der Waals surface area contributed by atoms with Crippen LogP contribution in [0, 0.1) is 17.8 Å². The molecule has 10 heteroatoms. The number of halogens is 2. The molecule has 7 nitrogen and oxygen atoms in total. The fourth-order valence-corrected chi connectivity index (χ4v) is 9.36. The van der Waals surface area contributed by atoms with Crippen LogP contribution in [0.3, 0.4) is 0 Å². The number of sulfonamides is 1. The predicted molar refractivity (Wildman–Crippen MR) is 173 cm³/mol. The quantitative estimate of drug-likeness (QED) is 0.299. The van der Waals surface area contributed by atoms with E-state index in [4.69, 9.17) is 23.2 Å². The van der Waals surface area contributed by atoms with Crippen molar-refractivity contribution in [1.82, 2.24) is 10.2 Å². The molecular formula is C33H43Cl2N3O4S. The molecular weight excluding hydrogens is 605 g/mol. The molecule has 4 aliphatic carbocycles. The van der Waals surface area contributed by atoms with Crippen LogP contribution < -0.4 is 9.62 Å². The molecule has 0 saturated heterocycles. The molecule has 1 N–H and O–H groups in total. The highest BCUT2D eigenvalue weighted by molar-refractivity contribution is 7.92. The number of hydrogen-bond donors (Lipinski definition) is 1. The molecule has 2 aromatic rings. The van der Waals surface area contributed by atoms with E-state index < -0.39 is 28.5 Å². The lowest BCUT2D eigenvalue weighted by atomic mass is 9.48. The molecule has 0 aliphatic heterocycles. The van der Waals surface area contributed by atoms with Gasteiger partial charge in [-0.2, -0.15) is 0 Å². The first-order valence-electron chi connectivity index (χ1n) is 15.4. The van der Waals surface area contributed by atoms with E-state index in [0.29, 0.717) is 27.7 Å². The number of nitrogens with one attached hydrogen (secondary N) is 1. The minimum Gasteiger partial charge on any atom is -0.352 e. The molecule has 0 heterocycles. The van der Waals surface area contributed by atoms with E-state index >= 15 is 0 Å². The Balaban J connectivity index is 1.41. The Kier molecular flexibility index (Phi) is 9.41. The molecule has 234 valence electrons. The minimum absolute atomic E-state index is 0.0717. The van der Waals surface area contributed by atoms with Crippen molar-refractivity contribution in [2.45, 2.75) is 89.8 Å². The van der Waals surface area contributed by atoms with Crippen LogP contribution in [0.25, 0.3) is 0 Å². The third-order valence-electron chi connectivity index (χ3n) is 9.64. The number of carbonyl (C=O) groups excluding carboxylic acids is 2. The van der Waals surface area contributed by atoms with Crippen LogP contribution in [0.5, 0.6) is 0 Å². The molecule has 2 aromatic carbocycles. The van der Waals surface area contributed by atoms with E-state index in [1.165, 1.54) is 49.0 Å². The maximum Gasteiger partial charge on any atom is 0.244 e. The van der Waals surface area contributed by atoms with Crippen LogP contribution in [0.4, 0.5) is 5.69 Å². The van der Waals surface area contributed by atoms with Gasteiger partial charge in [-0.3, -0.25) is 13.9 Å². The van der Waals surface area contributed by atoms with Crippen molar-refractivity contribution in [3.8, 4) is 0 Å². The largest absolute Gasteiger partial charge is 0.352 e. The zero-order valence-corrected chi connectivity index (χ0v) is 27.8. The summed E-state index contributed by atoms with van der Waals surface area (Å²) in [6.07, 6.45) is 9.17. The lowest BCUT2D eigenvalue weighted by Gasteiger charge is -2.57. The Morgan fingerprint density at radius 2 is 1.53 bits per heavy atom. The van der Waals surface area contributed by atoms with Crippen LogP contribution in [0.1, 0.15) is 76.8 Å². The fraction of sp³-hybridized carbons (Fsp3) is 0.576. The highest BCUT2D eigenvalue weighted by Gasteiger charge is 2.51. The van der Waals surface area contributed by atoms with E-state index in [-0.39, 0.29) is 23.9 Å². The number of carbonyl (C=O) groups is 2. The molecule has 0 spiro atoms. The van der Waals surface area contributed by atoms with Gasteiger partial charge in [0.15, 0.2) is 0 Å². The standard InChI is InChI=1S/C33H43Cl2N3O4S/c1-5-30(32(40)36-21(2)3)37(19-22-6-11-28(34)29(35)15-22)31(39)20-38(43(4,41)42)27-9-7-26(8-10-27)33-16-23-12-24(17-33)14-25(13-23)18-33/h6-11,15,21,23-25,30H,5,12-14,16-20H2,1-4H3,(H,36,40)/t23?,24?,25?,30-,33?/m0/s1. The van der Waals surface area contributed by atoms with Crippen LogP contribution in [0.15, 0.2) is 42.5 Å². The highest BCUT2D eigenvalue weighted by atomic mass is 35.5. The molecule has 1 atom stereocenters. The highest BCUT2D eigenvalue weighted by Crippen LogP contribution is 2.60. The number of anilines is 1. The monoisotopic (exact) mass is 647 g/mol. The molecule has 2 amide bonds. The first-order valence-corrected chi connectivity index (χ1v) is 18.0. The minimum atomic E-state index is -3.81. The lowest BCUT2D eigenvalue weighted by molar-refractivity contribution is -0.140. The zero-order valence-electron chi connectivity index (χ0n) is 25.5. The molecule has 0 unspecified atom stereocenters. The number of hydrogen-bond acceptors (Lipinski definition) is 4. The summed E-state index contributed by atoms with van der Waals surface area (Å²) >= 11 is 12.4. The lowest BCUT2D eigenvalue weighted by Crippen LogP contribution is -2.53. The van der Waals surface area contributed by atoms with Crippen LogP contribution in [-0.4, -0.2) is 50.0 Å². The van der Waals surface area contributed by atoms with E-state index in [1.54, 1.807) is 18.2 Å². The van der Waals surface area contributed by atoms with E-state index in [2.05, 4.69) is 17.4 Å². The summed E-state index contributed by atoms with van der Waals surface area (Å²) in [5, 5.41) is 3.62. The average molecular weight is 649 g/mol. The smallest absolute Gasteiger partial charge is 0.244 e. The second-order valence-electron chi connectivity index (χ2n) is 13.4. The summed E-state index contributed by atoms with van der Waals surface area (Å²) in [4.78, 5) is 28.7. The average Bonchev–Trinajstić information content (AvgIpc) is 2.92. The number of benzene rings is 2. The third-order valence-corrected chi connectivity index (χ3v) is 11.5. The van der Waals surface area contributed by atoms with Gasteiger partial charge >= 0.3 is 0 Å². The molecule has 4 bridgehead atoms. The van der Waals surface area contributed by atoms with Gasteiger partial charge in [0.05, 0.1) is 22.0 Å². The normalized spacial score (nSPS) is 25.0. The molecule has 4 saturated carbocycles. The number of nitrogens with zero attached hydrogens (tertiary/aromatic N) is 2. The van der Waals surface area contributed by atoms with Gasteiger partial charge in [0.2, 0.25) is 21.8 Å². The third kappa shape index (κ3) is 7.02. The van der Waals surface area contributed by atoms with Crippen molar-refractivity contribution in [2.24, 2.45) is 17.8 Å². The van der Waals surface area contributed by atoms with Crippen molar-refractivity contribution in [2.75, 3.05) is 17.1 Å². The Morgan fingerprint density at radius 1 is 0.953 bits per heavy atom. The van der Waals surface area contributed by atoms with Gasteiger partial charge in [0.1, 0.15) is 12.6 Å². The maximum atomic E-state index is 14.0. The van der Waals surface area contributed by atoms with Gasteiger partial charge in [-0.25, -0.2) is 8.42 Å². The molecule has 0 radical (unpaired) electrons. The van der Waals surface area contributed by atoms with Crippen molar-refractivity contribution in [1.29, 1.82) is 0 Å². The first-order chi connectivity index (χ1) is 20.3. The van der Waals surface area contributed by atoms with Gasteiger partial charge in [-0.1, -0.05) is 48.3 Å². The van der Waals surface area contributed by atoms with Gasteiger partial charge in [-0.15, -0.1) is 0 Å². The second-order valence-corrected chi connectivity index (χ2v) is 16.1. The molecule has 6 rings (SSSR count). The maximum absolute atomic E-state index is 14.0. The Hall–Kier alpha value is -2.29. The summed E-state index contributed by atoms with van der Waals surface area (Å²) in [7, 11) is -3.81. The van der Waals surface area contributed by atoms with E-state index in [9.17, 15) is 18.0 Å². The van der Waals surface area contributed by atoms with Crippen LogP contribution >= 0.6 is 23.2 Å². The summed E-state index contributed by atoms with van der Waals surface area (Å²) in [6.45, 7) is 5.18. The zero-order chi connectivity index (χ0) is 31.1. The molecule has 4 aliphatic rings. The van der Waals surface area contributed by atoms with Gasteiger partial charge in [0, 0.05) is 12.6 Å². The number of rotatable bonds is 11. The van der Waals surface area contributed by atoms with E-state index in [1.807, 2.05) is 32.9 Å². The van der Waals surface area contributed by atoms with Crippen LogP contribution in [-0.2, 0) is 31.6 Å². The molecule has 43 heavy (non-hydrogen) atoms. The Labute approximate surface area is 266 Å². The summed E-state index contributed by atoms with van der Waals surface area (Å²) in [5.74, 6) is 1.63. The van der Waals surface area contributed by atoms with Gasteiger partial charge < -0.3 is 10.2 Å². The molecule has 4 fully saturated rings. The SMILES string of the molecule is CC[C@@H](C(=O)NC(C)C)N(Cc1ccc(Cl)c(Cl)c1)C(=O)CN(c1ccc(C23CC4CC(CC(C4)C2)C3)cc1)S(C)(=O)=O.